The van der Waals surface area contributed by atoms with E-state index in [9.17, 15) is 14.0 Å². The van der Waals surface area contributed by atoms with Gasteiger partial charge in [-0.2, -0.15) is 0 Å². The molecule has 0 bridgehead atoms. The number of hydrogen-bond acceptors (Lipinski definition) is 3. The van der Waals surface area contributed by atoms with E-state index in [1.54, 1.807) is 17.0 Å². The normalized spacial score (nSPS) is 19.2. The lowest BCUT2D eigenvalue weighted by molar-refractivity contribution is -0.125. The Morgan fingerprint density at radius 2 is 1.80 bits per heavy atom. The summed E-state index contributed by atoms with van der Waals surface area (Å²) in [7, 11) is 0. The molecular formula is C24H29FN2O2S. The number of nitrogens with zero attached hydrogens (tertiary/aromatic N) is 1. The topological polar surface area (TPSA) is 49.4 Å². The summed E-state index contributed by atoms with van der Waals surface area (Å²) in [5.74, 6) is -0.300. The van der Waals surface area contributed by atoms with Gasteiger partial charge in [0.15, 0.2) is 0 Å². The Morgan fingerprint density at radius 1 is 1.13 bits per heavy atom. The molecule has 1 heterocycles. The lowest BCUT2D eigenvalue weighted by Crippen LogP contribution is -2.49. The Morgan fingerprint density at radius 3 is 2.37 bits per heavy atom. The lowest BCUT2D eigenvalue weighted by Gasteiger charge is -2.30. The first kappa shape index (κ1) is 22.3. The van der Waals surface area contributed by atoms with Gasteiger partial charge < -0.3 is 10.2 Å². The molecule has 1 saturated heterocycles. The van der Waals surface area contributed by atoms with Crippen LogP contribution < -0.4 is 5.32 Å². The summed E-state index contributed by atoms with van der Waals surface area (Å²) in [5.41, 5.74) is 2.31. The molecule has 1 aliphatic rings. The van der Waals surface area contributed by atoms with E-state index in [4.69, 9.17) is 0 Å². The molecule has 4 nitrogen and oxygen atoms in total. The molecule has 0 unspecified atom stereocenters. The predicted molar refractivity (Wildman–Crippen MR) is 120 cm³/mol. The molecule has 30 heavy (non-hydrogen) atoms. The number of benzene rings is 2. The van der Waals surface area contributed by atoms with Gasteiger partial charge in [0.2, 0.25) is 5.91 Å². The van der Waals surface area contributed by atoms with Gasteiger partial charge in [0.1, 0.15) is 17.2 Å². The third-order valence-electron chi connectivity index (χ3n) is 5.10. The van der Waals surface area contributed by atoms with Crippen LogP contribution in [0.15, 0.2) is 48.5 Å². The molecule has 2 aromatic carbocycles. The third-order valence-corrected chi connectivity index (χ3v) is 6.42. The second kappa shape index (κ2) is 8.80. The average molecular weight is 429 g/mol. The molecule has 2 amide bonds. The van der Waals surface area contributed by atoms with Crippen molar-refractivity contribution in [1.29, 1.82) is 0 Å². The molecule has 0 aliphatic carbocycles. The van der Waals surface area contributed by atoms with E-state index >= 15 is 0 Å². The number of nitrogens with one attached hydrogen (secondary N) is 1. The van der Waals surface area contributed by atoms with Gasteiger partial charge in [-0.25, -0.2) is 4.39 Å². The quantitative estimate of drug-likeness (QED) is 0.753. The predicted octanol–water partition coefficient (Wildman–Crippen LogP) is 4.90. The smallest absolute Gasteiger partial charge is 0.255 e. The maximum absolute atomic E-state index is 13.9. The second-order valence-electron chi connectivity index (χ2n) is 8.96. The van der Waals surface area contributed by atoms with Gasteiger partial charge in [0.05, 0.1) is 0 Å². The number of carbonyl (C=O) groups excluding carboxylic acids is 2. The van der Waals surface area contributed by atoms with E-state index in [1.165, 1.54) is 23.9 Å². The molecule has 2 aromatic rings. The number of hydrogen-bond donors (Lipinski definition) is 1. The number of amides is 2. The number of rotatable bonds is 4. The van der Waals surface area contributed by atoms with E-state index in [-0.39, 0.29) is 29.1 Å². The van der Waals surface area contributed by atoms with Crippen molar-refractivity contribution in [2.75, 3.05) is 5.75 Å². The van der Waals surface area contributed by atoms with Gasteiger partial charge in [0, 0.05) is 17.4 Å². The van der Waals surface area contributed by atoms with Crippen LogP contribution in [0.1, 0.15) is 61.5 Å². The van der Waals surface area contributed by atoms with Crippen molar-refractivity contribution < 1.29 is 14.0 Å². The monoisotopic (exact) mass is 428 g/mol. The molecule has 1 fully saturated rings. The number of halogens is 1. The molecule has 1 aliphatic heterocycles. The first-order chi connectivity index (χ1) is 14.1. The van der Waals surface area contributed by atoms with Crippen molar-refractivity contribution in [3.8, 4) is 0 Å². The molecule has 6 heteroatoms. The zero-order valence-electron chi connectivity index (χ0n) is 18.1. The molecule has 0 aromatic heterocycles. The molecule has 0 radical (unpaired) electrons. The summed E-state index contributed by atoms with van der Waals surface area (Å²) in [4.78, 5) is 28.0. The largest absolute Gasteiger partial charge is 0.352 e. The van der Waals surface area contributed by atoms with Crippen LogP contribution in [-0.4, -0.2) is 34.6 Å². The van der Waals surface area contributed by atoms with Crippen molar-refractivity contribution in [2.24, 2.45) is 0 Å². The first-order valence-electron chi connectivity index (χ1n) is 10.2. The zero-order valence-corrected chi connectivity index (χ0v) is 18.9. The Labute approximate surface area is 182 Å². The van der Waals surface area contributed by atoms with Gasteiger partial charge in [-0.3, -0.25) is 9.59 Å². The fraction of sp³-hybridized carbons (Fsp3) is 0.417. The molecule has 160 valence electrons. The van der Waals surface area contributed by atoms with Crippen molar-refractivity contribution >= 4 is 23.6 Å². The first-order valence-corrected chi connectivity index (χ1v) is 11.2. The fourth-order valence-corrected chi connectivity index (χ4v) is 4.93. The summed E-state index contributed by atoms with van der Waals surface area (Å²) >= 11 is 1.48. The molecule has 0 spiro atoms. The average Bonchev–Trinajstić information content (AvgIpc) is 3.11. The Bertz CT molecular complexity index is 922. The highest BCUT2D eigenvalue weighted by atomic mass is 32.2. The molecule has 3 rings (SSSR count). The van der Waals surface area contributed by atoms with E-state index in [0.29, 0.717) is 16.9 Å². The van der Waals surface area contributed by atoms with Crippen molar-refractivity contribution in [3.63, 3.8) is 0 Å². The van der Waals surface area contributed by atoms with Gasteiger partial charge in [-0.1, -0.05) is 45.0 Å². The maximum Gasteiger partial charge on any atom is 0.255 e. The summed E-state index contributed by atoms with van der Waals surface area (Å²) in [6.45, 7) is 10.1. The molecule has 2 atom stereocenters. The van der Waals surface area contributed by atoms with E-state index in [1.807, 2.05) is 38.1 Å². The van der Waals surface area contributed by atoms with Crippen LogP contribution in [0.5, 0.6) is 0 Å². The molecule has 0 saturated carbocycles. The highest BCUT2D eigenvalue weighted by molar-refractivity contribution is 7.99. The van der Waals surface area contributed by atoms with Crippen LogP contribution in [0.4, 0.5) is 4.39 Å². The van der Waals surface area contributed by atoms with Crippen LogP contribution in [0.3, 0.4) is 0 Å². The third kappa shape index (κ3) is 4.86. The van der Waals surface area contributed by atoms with Gasteiger partial charge in [0.25, 0.3) is 5.91 Å². The summed E-state index contributed by atoms with van der Waals surface area (Å²) < 4.78 is 13.9. The van der Waals surface area contributed by atoms with Crippen molar-refractivity contribution in [2.45, 2.75) is 57.5 Å². The fourth-order valence-electron chi connectivity index (χ4n) is 3.52. The van der Waals surface area contributed by atoms with Crippen LogP contribution in [-0.2, 0) is 10.2 Å². The SMILES string of the molecule is CC(C)NC(=O)[C@@H]1CS[C@@H](c2cccc(F)c2)N1C(=O)c1ccc(C(C)(C)C)cc1. The maximum atomic E-state index is 13.9. The summed E-state index contributed by atoms with van der Waals surface area (Å²) in [6, 6.07) is 13.1. The minimum absolute atomic E-state index is 0.0190. The van der Waals surface area contributed by atoms with E-state index in [0.717, 1.165) is 5.56 Å². The Balaban J connectivity index is 1.96. The summed E-state index contributed by atoms with van der Waals surface area (Å²) in [5, 5.41) is 2.50. The Hall–Kier alpha value is -2.34. The second-order valence-corrected chi connectivity index (χ2v) is 10.1. The highest BCUT2D eigenvalue weighted by Crippen LogP contribution is 2.42. The Kier molecular flexibility index (Phi) is 6.56. The van der Waals surface area contributed by atoms with Crippen LogP contribution in [0.25, 0.3) is 0 Å². The summed E-state index contributed by atoms with van der Waals surface area (Å²) in [6.07, 6.45) is 0. The minimum atomic E-state index is -0.611. The van der Waals surface area contributed by atoms with Crippen LogP contribution in [0.2, 0.25) is 0 Å². The minimum Gasteiger partial charge on any atom is -0.352 e. The van der Waals surface area contributed by atoms with Gasteiger partial charge in [-0.15, -0.1) is 11.8 Å². The zero-order chi connectivity index (χ0) is 22.1. The highest BCUT2D eigenvalue weighted by Gasteiger charge is 2.42. The number of thioether (sulfide) groups is 1. The van der Waals surface area contributed by atoms with E-state index in [2.05, 4.69) is 26.1 Å². The van der Waals surface area contributed by atoms with Gasteiger partial charge in [-0.05, 0) is 54.7 Å². The van der Waals surface area contributed by atoms with Crippen molar-refractivity contribution in [3.05, 3.63) is 71.0 Å². The van der Waals surface area contributed by atoms with Crippen LogP contribution in [0, 0.1) is 5.82 Å². The number of carbonyl (C=O) groups is 2. The van der Waals surface area contributed by atoms with Crippen LogP contribution >= 0.6 is 11.8 Å². The standard InChI is InChI=1S/C24H29FN2O2S/c1-15(2)26-21(28)20-14-30-23(17-7-6-8-19(25)13-17)27(20)22(29)16-9-11-18(12-10-16)24(3,4)5/h6-13,15,20,23H,14H2,1-5H3,(H,26,28)/t20-,23-/m0/s1. The molecule has 1 N–H and O–H groups in total. The molecular weight excluding hydrogens is 399 g/mol. The van der Waals surface area contributed by atoms with Gasteiger partial charge >= 0.3 is 0 Å². The van der Waals surface area contributed by atoms with Crippen molar-refractivity contribution in [1.82, 2.24) is 10.2 Å². The van der Waals surface area contributed by atoms with E-state index < -0.39 is 11.4 Å². The lowest BCUT2D eigenvalue weighted by atomic mass is 9.86.